The molecule has 2 aromatic rings. The molecule has 0 saturated carbocycles. The molecular formula is C16H21N5O2S. The van der Waals surface area contributed by atoms with E-state index in [9.17, 15) is 9.59 Å². The number of urea groups is 1. The van der Waals surface area contributed by atoms with E-state index in [-0.39, 0.29) is 5.91 Å². The highest BCUT2D eigenvalue weighted by Crippen LogP contribution is 2.16. The molecule has 0 aliphatic carbocycles. The molecule has 1 heterocycles. The molecule has 1 aromatic carbocycles. The number of benzene rings is 1. The second-order valence-electron chi connectivity index (χ2n) is 5.27. The fraction of sp³-hybridized carbons (Fsp3) is 0.312. The largest absolute Gasteiger partial charge is 0.352 e. The Kier molecular flexibility index (Phi) is 6.25. The van der Waals surface area contributed by atoms with Crippen LogP contribution in [0.2, 0.25) is 0 Å². The van der Waals surface area contributed by atoms with Gasteiger partial charge in [-0.1, -0.05) is 6.07 Å². The number of nitrogens with two attached hydrogens (primary N) is 1. The van der Waals surface area contributed by atoms with Crippen LogP contribution in [0, 0.1) is 6.92 Å². The Bertz CT molecular complexity index is 716. The predicted octanol–water partition coefficient (Wildman–Crippen LogP) is 1.91. The number of rotatable bonds is 7. The van der Waals surface area contributed by atoms with Crippen molar-refractivity contribution in [1.82, 2.24) is 15.1 Å². The molecule has 0 radical (unpaired) electrons. The minimum atomic E-state index is -0.711. The van der Waals surface area contributed by atoms with Crippen molar-refractivity contribution in [3.05, 3.63) is 42.2 Å². The van der Waals surface area contributed by atoms with Gasteiger partial charge in [0.2, 0.25) is 5.91 Å². The molecule has 8 heteroatoms. The van der Waals surface area contributed by atoms with Crippen molar-refractivity contribution in [1.29, 1.82) is 0 Å². The Hall–Kier alpha value is -2.48. The van der Waals surface area contributed by atoms with Crippen LogP contribution in [0.1, 0.15) is 12.1 Å². The van der Waals surface area contributed by atoms with Crippen LogP contribution in [0.15, 0.2) is 36.5 Å². The van der Waals surface area contributed by atoms with Crippen LogP contribution < -0.4 is 16.4 Å². The van der Waals surface area contributed by atoms with E-state index in [1.165, 1.54) is 0 Å². The number of aromatic nitrogens is 2. The molecule has 0 aliphatic heterocycles. The molecular weight excluding hydrogens is 326 g/mol. The topological polar surface area (TPSA) is 102 Å². The Balaban J connectivity index is 2.12. The highest BCUT2D eigenvalue weighted by Gasteiger charge is 2.19. The smallest absolute Gasteiger partial charge is 0.312 e. The zero-order chi connectivity index (χ0) is 17.5. The summed E-state index contributed by atoms with van der Waals surface area (Å²) in [4.78, 5) is 23.5. The van der Waals surface area contributed by atoms with Crippen molar-refractivity contribution in [2.75, 3.05) is 17.3 Å². The van der Waals surface area contributed by atoms with E-state index in [2.05, 4.69) is 15.7 Å². The molecule has 0 fully saturated rings. The lowest BCUT2D eigenvalue weighted by molar-refractivity contribution is -0.117. The van der Waals surface area contributed by atoms with Crippen LogP contribution in [0.3, 0.4) is 0 Å². The number of hydrogen-bond donors (Lipinski definition) is 3. The summed E-state index contributed by atoms with van der Waals surface area (Å²) in [6.07, 6.45) is 4.17. The van der Waals surface area contributed by atoms with E-state index in [0.29, 0.717) is 12.1 Å². The fourth-order valence-corrected chi connectivity index (χ4v) is 2.73. The first kappa shape index (κ1) is 17.9. The number of nitrogens with zero attached hydrogens (tertiary/aromatic N) is 2. The fourth-order valence-electron chi connectivity index (χ4n) is 2.26. The third kappa shape index (κ3) is 4.76. The van der Waals surface area contributed by atoms with Crippen molar-refractivity contribution in [3.63, 3.8) is 0 Å². The summed E-state index contributed by atoms with van der Waals surface area (Å²) in [5.74, 6) is 0.447. The van der Waals surface area contributed by atoms with Gasteiger partial charge in [0.1, 0.15) is 6.04 Å². The van der Waals surface area contributed by atoms with Crippen LogP contribution in [0.4, 0.5) is 10.5 Å². The minimum absolute atomic E-state index is 0.294. The monoisotopic (exact) mass is 347 g/mol. The van der Waals surface area contributed by atoms with E-state index in [1.807, 2.05) is 37.4 Å². The molecule has 1 atom stereocenters. The van der Waals surface area contributed by atoms with E-state index in [0.717, 1.165) is 17.1 Å². The number of anilines is 1. The minimum Gasteiger partial charge on any atom is -0.352 e. The van der Waals surface area contributed by atoms with Crippen molar-refractivity contribution in [3.8, 4) is 5.69 Å². The molecule has 7 nitrogen and oxygen atoms in total. The predicted molar refractivity (Wildman–Crippen MR) is 96.4 cm³/mol. The molecule has 3 amide bonds. The zero-order valence-electron chi connectivity index (χ0n) is 13.7. The number of hydrogen-bond acceptors (Lipinski definition) is 4. The number of thioether (sulfide) groups is 1. The van der Waals surface area contributed by atoms with Crippen LogP contribution in [0.5, 0.6) is 0 Å². The van der Waals surface area contributed by atoms with E-state index in [1.54, 1.807) is 28.7 Å². The normalized spacial score (nSPS) is 11.8. The van der Waals surface area contributed by atoms with Crippen LogP contribution in [0.25, 0.3) is 5.69 Å². The summed E-state index contributed by atoms with van der Waals surface area (Å²) in [6, 6.07) is 7.89. The van der Waals surface area contributed by atoms with Gasteiger partial charge in [0.25, 0.3) is 0 Å². The molecule has 1 aromatic heterocycles. The second kappa shape index (κ2) is 8.39. The number of carbonyl (C=O) groups is 2. The molecule has 128 valence electrons. The van der Waals surface area contributed by atoms with Crippen LogP contribution >= 0.6 is 11.8 Å². The van der Waals surface area contributed by atoms with E-state index in [4.69, 9.17) is 5.73 Å². The zero-order valence-corrected chi connectivity index (χ0v) is 14.5. The van der Waals surface area contributed by atoms with Gasteiger partial charge in [-0.25, -0.2) is 9.48 Å². The number of aryl methyl sites for hydroxylation is 1. The lowest BCUT2D eigenvalue weighted by Crippen LogP contribution is -2.46. The molecule has 2 rings (SSSR count). The number of nitrogens with one attached hydrogen (secondary N) is 2. The van der Waals surface area contributed by atoms with Crippen LogP contribution in [-0.4, -0.2) is 39.8 Å². The van der Waals surface area contributed by atoms with Gasteiger partial charge in [0.15, 0.2) is 0 Å². The third-order valence-corrected chi connectivity index (χ3v) is 4.08. The maximum absolute atomic E-state index is 12.4. The van der Waals surface area contributed by atoms with Gasteiger partial charge in [0, 0.05) is 17.6 Å². The summed E-state index contributed by atoms with van der Waals surface area (Å²) >= 11 is 1.60. The number of amides is 3. The summed E-state index contributed by atoms with van der Waals surface area (Å²) in [7, 11) is 0. The quantitative estimate of drug-likeness (QED) is 0.712. The van der Waals surface area contributed by atoms with Gasteiger partial charge < -0.3 is 16.4 Å². The molecule has 0 bridgehead atoms. The van der Waals surface area contributed by atoms with Crippen molar-refractivity contribution in [2.45, 2.75) is 19.4 Å². The second-order valence-corrected chi connectivity index (χ2v) is 6.25. The van der Waals surface area contributed by atoms with Crippen molar-refractivity contribution in [2.24, 2.45) is 5.73 Å². The highest BCUT2D eigenvalue weighted by molar-refractivity contribution is 7.98. The SMILES string of the molecule is CSCC[C@H](NC(N)=O)C(=O)Nc1cccc(-n2nccc2C)c1. The van der Waals surface area contributed by atoms with E-state index >= 15 is 0 Å². The van der Waals surface area contributed by atoms with Gasteiger partial charge >= 0.3 is 6.03 Å². The third-order valence-electron chi connectivity index (χ3n) is 3.43. The first-order valence-electron chi connectivity index (χ1n) is 7.48. The molecule has 0 unspecified atom stereocenters. The van der Waals surface area contributed by atoms with Gasteiger partial charge in [0.05, 0.1) is 5.69 Å². The molecule has 4 N–H and O–H groups in total. The van der Waals surface area contributed by atoms with Crippen molar-refractivity contribution >= 4 is 29.4 Å². The Morgan fingerprint density at radius 3 is 2.79 bits per heavy atom. The average Bonchev–Trinajstić information content (AvgIpc) is 2.97. The van der Waals surface area contributed by atoms with E-state index < -0.39 is 12.1 Å². The van der Waals surface area contributed by atoms with Gasteiger partial charge in [-0.3, -0.25) is 4.79 Å². The van der Waals surface area contributed by atoms with Gasteiger partial charge in [-0.05, 0) is 49.6 Å². The Labute approximate surface area is 145 Å². The maximum Gasteiger partial charge on any atom is 0.312 e. The molecule has 0 aliphatic rings. The Morgan fingerprint density at radius 2 is 2.17 bits per heavy atom. The van der Waals surface area contributed by atoms with Crippen molar-refractivity contribution < 1.29 is 9.59 Å². The molecule has 0 saturated heterocycles. The lowest BCUT2D eigenvalue weighted by Gasteiger charge is -2.17. The highest BCUT2D eigenvalue weighted by atomic mass is 32.2. The van der Waals surface area contributed by atoms with Gasteiger partial charge in [-0.15, -0.1) is 0 Å². The maximum atomic E-state index is 12.4. The summed E-state index contributed by atoms with van der Waals surface area (Å²) in [6.45, 7) is 1.95. The number of carbonyl (C=O) groups excluding carboxylic acids is 2. The summed E-state index contributed by atoms with van der Waals surface area (Å²) in [5, 5.41) is 9.55. The summed E-state index contributed by atoms with van der Waals surface area (Å²) in [5.41, 5.74) is 7.62. The lowest BCUT2D eigenvalue weighted by atomic mass is 10.2. The van der Waals surface area contributed by atoms with Crippen LogP contribution in [-0.2, 0) is 4.79 Å². The summed E-state index contributed by atoms with van der Waals surface area (Å²) < 4.78 is 1.78. The first-order valence-corrected chi connectivity index (χ1v) is 8.87. The number of primary amides is 1. The van der Waals surface area contributed by atoms with Gasteiger partial charge in [-0.2, -0.15) is 16.9 Å². The first-order chi connectivity index (χ1) is 11.5. The Morgan fingerprint density at radius 1 is 1.38 bits per heavy atom. The standard InChI is InChI=1S/C16H21N5O2S/c1-11-6-8-18-21(11)13-5-3-4-12(10-13)19-15(22)14(7-9-24-2)20-16(17)23/h3-6,8,10,14H,7,9H2,1-2H3,(H,19,22)(H3,17,20,23)/t14-/m0/s1. The molecule has 0 spiro atoms. The average molecular weight is 347 g/mol. The molecule has 24 heavy (non-hydrogen) atoms.